The number of hydrogen-bond acceptors (Lipinski definition) is 3. The van der Waals surface area contributed by atoms with Gasteiger partial charge >= 0.3 is 0 Å². The molecule has 0 fully saturated rings. The molecule has 0 atom stereocenters. The maximum atomic E-state index is 11.0. The van der Waals surface area contributed by atoms with Crippen LogP contribution in [0.1, 0.15) is 20.8 Å². The molecule has 1 heterocycles. The van der Waals surface area contributed by atoms with Crippen molar-refractivity contribution in [3.05, 3.63) is 49.8 Å². The van der Waals surface area contributed by atoms with Crippen LogP contribution in [0.25, 0.3) is 0 Å². The minimum absolute atomic E-state index is 0. The topological polar surface area (TPSA) is 20.3 Å². The molecule has 2 nitrogen and oxygen atoms in total. The van der Waals surface area contributed by atoms with Gasteiger partial charge in [0, 0.05) is 70.4 Å². The fourth-order valence-corrected chi connectivity index (χ4v) is 2.42. The van der Waals surface area contributed by atoms with E-state index in [4.69, 9.17) is 0 Å². The number of rotatable bonds is 1. The first-order valence-electron chi connectivity index (χ1n) is 5.28. The first-order chi connectivity index (χ1) is 7.68. The van der Waals surface area contributed by atoms with E-state index in [0.29, 0.717) is 0 Å². The molecule has 0 bridgehead atoms. The fraction of sp³-hybridized carbons (Fsp3) is 0.214. The Morgan fingerprint density at radius 3 is 2.32 bits per heavy atom. The second-order valence-corrected chi connectivity index (χ2v) is 4.15. The molecule has 0 unspecified atom stereocenters. The molecule has 19 heavy (non-hydrogen) atoms. The zero-order chi connectivity index (χ0) is 12.1. The van der Waals surface area contributed by atoms with Gasteiger partial charge in [-0.3, -0.25) is 4.79 Å². The summed E-state index contributed by atoms with van der Waals surface area (Å²) < 4.78 is 0. The van der Waals surface area contributed by atoms with Gasteiger partial charge in [-0.15, -0.1) is 0 Å². The van der Waals surface area contributed by atoms with Gasteiger partial charge in [0.25, 0.3) is 0 Å². The Kier molecular flexibility index (Phi) is 15.9. The second kappa shape index (κ2) is 12.3. The summed E-state index contributed by atoms with van der Waals surface area (Å²) in [6.45, 7) is 5.55. The van der Waals surface area contributed by atoms with E-state index in [1.807, 2.05) is 38.1 Å². The Labute approximate surface area is 160 Å². The predicted molar refractivity (Wildman–Crippen MR) is 76.7 cm³/mol. The minimum Gasteiger partial charge on any atom is -0.490 e. The van der Waals surface area contributed by atoms with Gasteiger partial charge in [0.1, 0.15) is 0 Å². The summed E-state index contributed by atoms with van der Waals surface area (Å²) in [6.07, 6.45) is 1.61. The van der Waals surface area contributed by atoms with Crippen LogP contribution < -0.4 is 4.90 Å². The molecule has 1 aromatic rings. The van der Waals surface area contributed by atoms with Gasteiger partial charge in [-0.25, -0.2) is 7.05 Å². The third kappa shape index (κ3) is 6.71. The first kappa shape index (κ1) is 24.6. The number of hydrogen-bond donors (Lipinski definition) is 0. The zero-order valence-corrected chi connectivity index (χ0v) is 18.4. The quantitative estimate of drug-likeness (QED) is 0.406. The molecule has 0 spiro atoms. The number of benzene rings is 1. The van der Waals surface area contributed by atoms with Crippen LogP contribution in [0.3, 0.4) is 0 Å². The third-order valence-corrected chi connectivity index (χ3v) is 3.08. The molecular weight excluding hydrogens is 503 g/mol. The van der Waals surface area contributed by atoms with E-state index in [2.05, 4.69) is 7.05 Å². The number of para-hydroxylation sites is 1. The maximum Gasteiger partial charge on any atom is 0.155 e. The van der Waals surface area contributed by atoms with Crippen LogP contribution in [0.4, 0.5) is 5.69 Å². The Morgan fingerprint density at radius 1 is 1.32 bits per heavy atom. The molecule has 5 heteroatoms. The smallest absolute Gasteiger partial charge is 0.155 e. The normalized spacial score (nSPS) is 13.1. The van der Waals surface area contributed by atoms with Gasteiger partial charge in [0.05, 0.1) is 5.03 Å². The third-order valence-electron chi connectivity index (χ3n) is 1.96. The number of carbonyl (C=O) groups excluding carboxylic acids is 1. The standard InChI is InChI=1S/C11H10NOS.C2H6.CH3.W.Y/c1-8(13)7-11-12(2)9-5-3-4-6-10(9)14-11;1-2;;;/h3-7H,2H2,1H3;1-2H3;1H3;;/q-1;;-1;;/b11-7-;;;;. The fourth-order valence-electron chi connectivity index (χ4n) is 1.33. The van der Waals surface area contributed by atoms with E-state index in [1.165, 1.54) is 0 Å². The summed E-state index contributed by atoms with van der Waals surface area (Å²) >= 11 is 1.58. The number of ketones is 1. The van der Waals surface area contributed by atoms with Crippen molar-refractivity contribution in [2.24, 2.45) is 0 Å². The van der Waals surface area contributed by atoms with Gasteiger partial charge in [-0.05, 0) is 19.1 Å². The van der Waals surface area contributed by atoms with E-state index in [9.17, 15) is 4.79 Å². The first-order valence-corrected chi connectivity index (χ1v) is 6.10. The van der Waals surface area contributed by atoms with E-state index in [0.717, 1.165) is 15.6 Å². The maximum absolute atomic E-state index is 11.0. The largest absolute Gasteiger partial charge is 0.490 e. The van der Waals surface area contributed by atoms with Gasteiger partial charge < -0.3 is 12.3 Å². The number of allylic oxidation sites excluding steroid dienone is 1. The van der Waals surface area contributed by atoms with Crippen LogP contribution >= 0.6 is 11.8 Å². The summed E-state index contributed by atoms with van der Waals surface area (Å²) in [5, 5.41) is 0.888. The molecule has 1 aromatic carbocycles. The molecule has 2 rings (SSSR count). The Morgan fingerprint density at radius 2 is 1.84 bits per heavy atom. The molecule has 0 aliphatic carbocycles. The average molecular weight is 522 g/mol. The van der Waals surface area contributed by atoms with Gasteiger partial charge in [0.2, 0.25) is 0 Å². The van der Waals surface area contributed by atoms with Crippen LogP contribution in [0.15, 0.2) is 40.3 Å². The van der Waals surface area contributed by atoms with Gasteiger partial charge in [-0.2, -0.15) is 0 Å². The molecule has 103 valence electrons. The zero-order valence-electron chi connectivity index (χ0n) is 11.8. The van der Waals surface area contributed by atoms with Gasteiger partial charge in [-0.1, -0.05) is 37.7 Å². The van der Waals surface area contributed by atoms with Crippen molar-refractivity contribution in [3.8, 4) is 0 Å². The molecule has 0 N–H and O–H groups in total. The number of carbonyl (C=O) groups is 1. The summed E-state index contributed by atoms with van der Waals surface area (Å²) in [6, 6.07) is 7.97. The van der Waals surface area contributed by atoms with E-state index in [1.54, 1.807) is 29.7 Å². The van der Waals surface area contributed by atoms with Crippen molar-refractivity contribution in [1.82, 2.24) is 0 Å². The van der Waals surface area contributed by atoms with E-state index < -0.39 is 0 Å². The molecule has 0 aromatic heterocycles. The number of thioether (sulfide) groups is 1. The number of fused-ring (bicyclic) bond motifs is 1. The van der Waals surface area contributed by atoms with Crippen LogP contribution in [0, 0.1) is 14.5 Å². The predicted octanol–water partition coefficient (Wildman–Crippen LogP) is 4.29. The van der Waals surface area contributed by atoms with Gasteiger partial charge in [0.15, 0.2) is 5.78 Å². The van der Waals surface area contributed by atoms with Crippen molar-refractivity contribution in [1.29, 1.82) is 0 Å². The molecule has 1 aliphatic rings. The molecule has 1 aliphatic heterocycles. The molecule has 0 amide bonds. The van der Waals surface area contributed by atoms with Crippen molar-refractivity contribution in [2.75, 3.05) is 4.90 Å². The van der Waals surface area contributed by atoms with Crippen LogP contribution in [0.5, 0.6) is 0 Å². The second-order valence-electron chi connectivity index (χ2n) is 3.09. The van der Waals surface area contributed by atoms with Crippen molar-refractivity contribution in [2.45, 2.75) is 25.7 Å². The van der Waals surface area contributed by atoms with Crippen molar-refractivity contribution < 1.29 is 58.6 Å². The van der Waals surface area contributed by atoms with Crippen LogP contribution in [0.2, 0.25) is 0 Å². The Hall–Kier alpha value is 0.572. The molecule has 0 saturated heterocycles. The Bertz CT molecular complexity index is 424. The summed E-state index contributed by atoms with van der Waals surface area (Å²) in [5.41, 5.74) is 1.06. The molecule has 0 saturated carbocycles. The van der Waals surface area contributed by atoms with E-state index >= 15 is 0 Å². The molecular formula is C14H19NOSWY-2. The number of nitrogens with zero attached hydrogens (tertiary/aromatic N) is 1. The summed E-state index contributed by atoms with van der Waals surface area (Å²) in [7, 11) is 3.91. The monoisotopic (exact) mass is 522 g/mol. The SMILES string of the molecule is CC.[CH2-]N1/C(=C/C(C)=O)Sc2ccccc21.[CH3-].[W].[Y]. The van der Waals surface area contributed by atoms with Crippen LogP contribution in [-0.2, 0) is 58.6 Å². The summed E-state index contributed by atoms with van der Waals surface area (Å²) in [4.78, 5) is 13.9. The van der Waals surface area contributed by atoms with Crippen molar-refractivity contribution >= 4 is 23.2 Å². The minimum atomic E-state index is 0. The van der Waals surface area contributed by atoms with Crippen molar-refractivity contribution in [3.63, 3.8) is 0 Å². The van der Waals surface area contributed by atoms with Crippen LogP contribution in [-0.4, -0.2) is 5.78 Å². The Balaban J connectivity index is -0.000000489. The average Bonchev–Trinajstić information content (AvgIpc) is 2.59. The van der Waals surface area contributed by atoms with E-state index in [-0.39, 0.29) is 67.0 Å². The molecule has 1 radical (unpaired) electrons. The number of anilines is 1. The summed E-state index contributed by atoms with van der Waals surface area (Å²) in [5.74, 6) is 0.0500.